The Morgan fingerprint density at radius 2 is 2.21 bits per heavy atom. The van der Waals surface area contributed by atoms with Gasteiger partial charge in [-0.25, -0.2) is 4.98 Å². The number of benzene rings is 1. The lowest BCUT2D eigenvalue weighted by Crippen LogP contribution is -2.45. The first kappa shape index (κ1) is 19.7. The van der Waals surface area contributed by atoms with Gasteiger partial charge in [-0.2, -0.15) is 22.3 Å². The molecule has 0 radical (unpaired) electrons. The Balaban J connectivity index is 1.81. The molecule has 0 bridgehead atoms. The summed E-state index contributed by atoms with van der Waals surface area (Å²) in [6.07, 6.45) is 4.56. The summed E-state index contributed by atoms with van der Waals surface area (Å²) in [5.41, 5.74) is 9.37. The zero-order valence-corrected chi connectivity index (χ0v) is 17.5. The number of ether oxygens (including phenoxy) is 1. The standard InChI is InChI=1S/C21H19N5OS2/c1-28-19-8-14(17-11-25-20-4-2-3-15(9-22)26(17)20)7-18(16(19)10-23)27-12-21(24)5-6-29-13-21/h2-4,7-8,11H,5-6,12-13,24H2,1H3/t21-/m0/s1. The zero-order chi connectivity index (χ0) is 20.4. The molecule has 6 nitrogen and oxygen atoms in total. The normalized spacial score (nSPS) is 18.5. The summed E-state index contributed by atoms with van der Waals surface area (Å²) in [7, 11) is 0. The van der Waals surface area contributed by atoms with Gasteiger partial charge in [-0.1, -0.05) is 6.07 Å². The Bertz CT molecular complexity index is 1150. The van der Waals surface area contributed by atoms with Crippen molar-refractivity contribution in [3.63, 3.8) is 0 Å². The van der Waals surface area contributed by atoms with Gasteiger partial charge in [0.25, 0.3) is 0 Å². The van der Waals surface area contributed by atoms with Crippen LogP contribution in [-0.4, -0.2) is 39.3 Å². The molecule has 4 rings (SSSR count). The zero-order valence-electron chi connectivity index (χ0n) is 15.9. The van der Waals surface area contributed by atoms with Crippen LogP contribution in [0.3, 0.4) is 0 Å². The number of aromatic nitrogens is 2. The van der Waals surface area contributed by atoms with E-state index in [0.29, 0.717) is 29.3 Å². The van der Waals surface area contributed by atoms with E-state index >= 15 is 0 Å². The number of nitrogens with zero attached hydrogens (tertiary/aromatic N) is 4. The third-order valence-corrected chi connectivity index (χ3v) is 7.02. The third-order valence-electron chi connectivity index (χ3n) is 4.99. The maximum atomic E-state index is 9.72. The monoisotopic (exact) mass is 421 g/mol. The maximum Gasteiger partial charge on any atom is 0.138 e. The number of nitriles is 2. The lowest BCUT2D eigenvalue weighted by molar-refractivity contribution is 0.233. The average Bonchev–Trinajstić information content (AvgIpc) is 3.38. The van der Waals surface area contributed by atoms with E-state index in [-0.39, 0.29) is 5.54 Å². The first-order chi connectivity index (χ1) is 14.1. The molecule has 1 aliphatic heterocycles. The van der Waals surface area contributed by atoms with Crippen LogP contribution in [0.25, 0.3) is 16.9 Å². The first-order valence-electron chi connectivity index (χ1n) is 9.07. The molecule has 1 saturated heterocycles. The van der Waals surface area contributed by atoms with Crippen molar-refractivity contribution in [3.05, 3.63) is 47.8 Å². The molecule has 0 saturated carbocycles. The number of rotatable bonds is 5. The Hall–Kier alpha value is -2.65. The van der Waals surface area contributed by atoms with Gasteiger partial charge in [-0.15, -0.1) is 11.8 Å². The van der Waals surface area contributed by atoms with Crippen LogP contribution in [0.4, 0.5) is 0 Å². The molecule has 0 aliphatic carbocycles. The van der Waals surface area contributed by atoms with Crippen molar-refractivity contribution in [2.24, 2.45) is 5.73 Å². The molecule has 1 aromatic carbocycles. The lowest BCUT2D eigenvalue weighted by Gasteiger charge is -2.23. The van der Waals surface area contributed by atoms with Crippen LogP contribution in [0.1, 0.15) is 17.7 Å². The summed E-state index contributed by atoms with van der Waals surface area (Å²) in [5.74, 6) is 2.39. The highest BCUT2D eigenvalue weighted by atomic mass is 32.2. The second-order valence-electron chi connectivity index (χ2n) is 6.98. The minimum atomic E-state index is -0.371. The minimum Gasteiger partial charge on any atom is -0.490 e. The number of hydrogen-bond donors (Lipinski definition) is 1. The topological polar surface area (TPSA) is 100 Å². The average molecular weight is 422 g/mol. The molecule has 0 amide bonds. The number of pyridine rings is 1. The first-order valence-corrected chi connectivity index (χ1v) is 11.4. The van der Waals surface area contributed by atoms with Crippen molar-refractivity contribution in [3.8, 4) is 29.1 Å². The van der Waals surface area contributed by atoms with Crippen molar-refractivity contribution in [2.75, 3.05) is 24.4 Å². The summed E-state index contributed by atoms with van der Waals surface area (Å²) in [5, 5.41) is 19.2. The van der Waals surface area contributed by atoms with E-state index in [1.165, 1.54) is 11.8 Å². The molecule has 0 unspecified atom stereocenters. The molecular weight excluding hydrogens is 402 g/mol. The maximum absolute atomic E-state index is 9.72. The molecule has 8 heteroatoms. The van der Waals surface area contributed by atoms with Crippen molar-refractivity contribution < 1.29 is 4.74 Å². The molecule has 146 valence electrons. The Morgan fingerprint density at radius 1 is 1.34 bits per heavy atom. The van der Waals surface area contributed by atoms with Crippen molar-refractivity contribution >= 4 is 29.2 Å². The number of fused-ring (bicyclic) bond motifs is 1. The number of imidazole rings is 1. The Labute approximate surface area is 177 Å². The Kier molecular flexibility index (Phi) is 5.42. The molecule has 3 heterocycles. The summed E-state index contributed by atoms with van der Waals surface area (Å²) < 4.78 is 7.91. The molecular formula is C21H19N5OS2. The fraction of sp³-hybridized carbons (Fsp3) is 0.286. The van der Waals surface area contributed by atoms with Crippen LogP contribution in [0, 0.1) is 22.7 Å². The van der Waals surface area contributed by atoms with Gasteiger partial charge in [0.2, 0.25) is 0 Å². The lowest BCUT2D eigenvalue weighted by atomic mass is 10.0. The van der Waals surface area contributed by atoms with Crippen molar-refractivity contribution in [1.82, 2.24) is 9.38 Å². The van der Waals surface area contributed by atoms with Gasteiger partial charge in [-0.3, -0.25) is 4.40 Å². The fourth-order valence-electron chi connectivity index (χ4n) is 3.41. The highest BCUT2D eigenvalue weighted by Crippen LogP contribution is 2.36. The van der Waals surface area contributed by atoms with E-state index < -0.39 is 0 Å². The van der Waals surface area contributed by atoms with Crippen LogP contribution >= 0.6 is 23.5 Å². The van der Waals surface area contributed by atoms with Gasteiger partial charge in [0.1, 0.15) is 41.4 Å². The molecule has 1 aliphatic rings. The van der Waals surface area contributed by atoms with Crippen LogP contribution < -0.4 is 10.5 Å². The minimum absolute atomic E-state index is 0.364. The molecule has 2 N–H and O–H groups in total. The smallest absolute Gasteiger partial charge is 0.138 e. The summed E-state index contributed by atoms with van der Waals surface area (Å²) >= 11 is 3.31. The predicted octanol–water partition coefficient (Wildman–Crippen LogP) is 3.68. The number of thioether (sulfide) groups is 2. The second kappa shape index (κ2) is 8.00. The molecule has 1 fully saturated rings. The largest absolute Gasteiger partial charge is 0.490 e. The summed E-state index contributed by atoms with van der Waals surface area (Å²) in [6.45, 7) is 0.364. The predicted molar refractivity (Wildman–Crippen MR) is 116 cm³/mol. The van der Waals surface area contributed by atoms with Gasteiger partial charge in [-0.05, 0) is 42.7 Å². The molecule has 1 atom stereocenters. The van der Waals surface area contributed by atoms with Gasteiger partial charge in [0.15, 0.2) is 0 Å². The SMILES string of the molecule is CSc1cc(-c2cnc3cccc(C#N)n23)cc(OC[C@@]2(N)CCSC2)c1C#N. The number of nitrogens with two attached hydrogens (primary N) is 1. The highest BCUT2D eigenvalue weighted by molar-refractivity contribution is 7.99. The third kappa shape index (κ3) is 3.67. The van der Waals surface area contributed by atoms with Crippen molar-refractivity contribution in [1.29, 1.82) is 10.5 Å². The fourth-order valence-corrected chi connectivity index (χ4v) is 5.33. The van der Waals surface area contributed by atoms with E-state index in [0.717, 1.165) is 34.1 Å². The molecule has 3 aromatic rings. The number of hydrogen-bond acceptors (Lipinski definition) is 7. The highest BCUT2D eigenvalue weighted by Gasteiger charge is 2.31. The van der Waals surface area contributed by atoms with Gasteiger partial charge < -0.3 is 10.5 Å². The van der Waals surface area contributed by atoms with Crippen molar-refractivity contribution in [2.45, 2.75) is 16.9 Å². The van der Waals surface area contributed by atoms with E-state index in [1.54, 1.807) is 12.3 Å². The van der Waals surface area contributed by atoms with E-state index in [1.807, 2.05) is 46.7 Å². The van der Waals surface area contributed by atoms with Crippen LogP contribution in [-0.2, 0) is 0 Å². The van der Waals surface area contributed by atoms with Crippen LogP contribution in [0.5, 0.6) is 5.75 Å². The second-order valence-corrected chi connectivity index (χ2v) is 8.93. The van der Waals surface area contributed by atoms with Gasteiger partial charge in [0.05, 0.1) is 17.4 Å². The summed E-state index contributed by atoms with van der Waals surface area (Å²) in [4.78, 5) is 5.24. The van der Waals surface area contributed by atoms with E-state index in [9.17, 15) is 10.5 Å². The van der Waals surface area contributed by atoms with E-state index in [2.05, 4.69) is 17.1 Å². The molecule has 0 spiro atoms. The molecule has 2 aromatic heterocycles. The van der Waals surface area contributed by atoms with E-state index in [4.69, 9.17) is 10.5 Å². The summed E-state index contributed by atoms with van der Waals surface area (Å²) in [6, 6.07) is 13.7. The quantitative estimate of drug-likeness (QED) is 0.627. The van der Waals surface area contributed by atoms with Gasteiger partial charge >= 0.3 is 0 Å². The van der Waals surface area contributed by atoms with Gasteiger partial charge in [0, 0.05) is 16.2 Å². The van der Waals surface area contributed by atoms with Crippen LogP contribution in [0.15, 0.2) is 41.4 Å². The molecule has 29 heavy (non-hydrogen) atoms. The Morgan fingerprint density at radius 3 is 2.90 bits per heavy atom. The van der Waals surface area contributed by atoms with Crippen LogP contribution in [0.2, 0.25) is 0 Å².